The Morgan fingerprint density at radius 3 is 2.70 bits per heavy atom. The van der Waals surface area contributed by atoms with E-state index in [1.54, 1.807) is 0 Å². The molecule has 110 valence electrons. The van der Waals surface area contributed by atoms with Gasteiger partial charge >= 0.3 is 0 Å². The molecule has 0 saturated heterocycles. The van der Waals surface area contributed by atoms with Crippen molar-refractivity contribution < 1.29 is 9.53 Å². The summed E-state index contributed by atoms with van der Waals surface area (Å²) in [6.45, 7) is 3.92. The molecule has 2 rings (SSSR count). The molecule has 1 atom stereocenters. The van der Waals surface area contributed by atoms with Gasteiger partial charge in [-0.2, -0.15) is 0 Å². The molecule has 1 saturated carbocycles. The second-order valence-electron chi connectivity index (χ2n) is 5.56. The SMILES string of the molecule is CCc1ccccc1OC(C)C(=O)NC1CCCCC1. The van der Waals surface area contributed by atoms with Crippen LogP contribution in [0.4, 0.5) is 0 Å². The minimum atomic E-state index is -0.440. The van der Waals surface area contributed by atoms with Gasteiger partial charge in [-0.3, -0.25) is 4.79 Å². The largest absolute Gasteiger partial charge is 0.481 e. The van der Waals surface area contributed by atoms with Crippen LogP contribution in [0, 0.1) is 0 Å². The Bertz CT molecular complexity index is 438. The summed E-state index contributed by atoms with van der Waals surface area (Å²) in [6.07, 6.45) is 6.41. The van der Waals surface area contributed by atoms with Gasteiger partial charge in [-0.25, -0.2) is 0 Å². The minimum absolute atomic E-state index is 0.00260. The van der Waals surface area contributed by atoms with Gasteiger partial charge in [0.05, 0.1) is 0 Å². The van der Waals surface area contributed by atoms with Crippen molar-refractivity contribution in [1.82, 2.24) is 5.32 Å². The van der Waals surface area contributed by atoms with Crippen molar-refractivity contribution in [3.8, 4) is 5.75 Å². The smallest absolute Gasteiger partial charge is 0.260 e. The molecule has 0 aromatic heterocycles. The summed E-state index contributed by atoms with van der Waals surface area (Å²) >= 11 is 0. The van der Waals surface area contributed by atoms with Crippen molar-refractivity contribution >= 4 is 5.91 Å². The maximum Gasteiger partial charge on any atom is 0.260 e. The first-order chi connectivity index (χ1) is 9.70. The Morgan fingerprint density at radius 2 is 2.00 bits per heavy atom. The minimum Gasteiger partial charge on any atom is -0.481 e. The molecule has 1 unspecified atom stereocenters. The van der Waals surface area contributed by atoms with Crippen LogP contribution in [0.1, 0.15) is 51.5 Å². The van der Waals surface area contributed by atoms with E-state index in [1.807, 2.05) is 31.2 Å². The molecule has 0 aliphatic heterocycles. The highest BCUT2D eigenvalue weighted by Crippen LogP contribution is 2.21. The molecule has 1 N–H and O–H groups in total. The van der Waals surface area contributed by atoms with Gasteiger partial charge in [0.2, 0.25) is 0 Å². The molecule has 0 radical (unpaired) electrons. The topological polar surface area (TPSA) is 38.3 Å². The van der Waals surface area contributed by atoms with Gasteiger partial charge in [-0.1, -0.05) is 44.4 Å². The lowest BCUT2D eigenvalue weighted by Gasteiger charge is -2.25. The van der Waals surface area contributed by atoms with Crippen molar-refractivity contribution in [2.24, 2.45) is 0 Å². The number of nitrogens with one attached hydrogen (secondary N) is 1. The first-order valence-electron chi connectivity index (χ1n) is 7.75. The van der Waals surface area contributed by atoms with E-state index in [2.05, 4.69) is 12.2 Å². The van der Waals surface area contributed by atoms with Crippen molar-refractivity contribution in [2.45, 2.75) is 64.5 Å². The highest BCUT2D eigenvalue weighted by atomic mass is 16.5. The van der Waals surface area contributed by atoms with E-state index in [-0.39, 0.29) is 5.91 Å². The maximum absolute atomic E-state index is 12.2. The van der Waals surface area contributed by atoms with Crippen molar-refractivity contribution in [3.05, 3.63) is 29.8 Å². The third-order valence-corrected chi connectivity index (χ3v) is 3.98. The van der Waals surface area contributed by atoms with Crippen LogP contribution in [0.3, 0.4) is 0 Å². The first-order valence-corrected chi connectivity index (χ1v) is 7.75. The Hall–Kier alpha value is -1.51. The number of benzene rings is 1. The van der Waals surface area contributed by atoms with Gasteiger partial charge in [0.25, 0.3) is 5.91 Å². The number of para-hydroxylation sites is 1. The molecule has 0 heterocycles. The quantitative estimate of drug-likeness (QED) is 0.893. The third-order valence-electron chi connectivity index (χ3n) is 3.98. The Labute approximate surface area is 121 Å². The average Bonchev–Trinajstić information content (AvgIpc) is 2.48. The summed E-state index contributed by atoms with van der Waals surface area (Å²) in [4.78, 5) is 12.2. The summed E-state index contributed by atoms with van der Waals surface area (Å²) in [6, 6.07) is 8.26. The van der Waals surface area contributed by atoms with Gasteiger partial charge in [0.1, 0.15) is 5.75 Å². The van der Waals surface area contributed by atoms with Crippen LogP contribution in [0.5, 0.6) is 5.75 Å². The fourth-order valence-electron chi connectivity index (χ4n) is 2.72. The number of carbonyl (C=O) groups excluding carboxylic acids is 1. The Morgan fingerprint density at radius 1 is 1.30 bits per heavy atom. The fraction of sp³-hybridized carbons (Fsp3) is 0.588. The van der Waals surface area contributed by atoms with E-state index in [9.17, 15) is 4.79 Å². The summed E-state index contributed by atoms with van der Waals surface area (Å²) in [5.74, 6) is 0.823. The molecule has 1 aromatic rings. The van der Waals surface area contributed by atoms with E-state index >= 15 is 0 Å². The van der Waals surface area contributed by atoms with Crippen LogP contribution in [-0.2, 0) is 11.2 Å². The van der Waals surface area contributed by atoms with Crippen LogP contribution in [0.25, 0.3) is 0 Å². The average molecular weight is 275 g/mol. The molecule has 0 bridgehead atoms. The molecule has 20 heavy (non-hydrogen) atoms. The molecule has 3 heteroatoms. The summed E-state index contributed by atoms with van der Waals surface area (Å²) in [5, 5.41) is 3.11. The molecule has 1 aromatic carbocycles. The lowest BCUT2D eigenvalue weighted by Crippen LogP contribution is -2.43. The molecule has 3 nitrogen and oxygen atoms in total. The number of amides is 1. The zero-order valence-corrected chi connectivity index (χ0v) is 12.5. The van der Waals surface area contributed by atoms with Crippen molar-refractivity contribution in [1.29, 1.82) is 0 Å². The van der Waals surface area contributed by atoms with Crippen LogP contribution in [-0.4, -0.2) is 18.1 Å². The van der Waals surface area contributed by atoms with E-state index in [1.165, 1.54) is 19.3 Å². The second kappa shape index (κ2) is 7.32. The normalized spacial score (nSPS) is 17.5. The zero-order valence-electron chi connectivity index (χ0n) is 12.5. The number of hydrogen-bond donors (Lipinski definition) is 1. The van der Waals surface area contributed by atoms with Gasteiger partial charge in [-0.05, 0) is 37.8 Å². The van der Waals surface area contributed by atoms with E-state index < -0.39 is 6.10 Å². The summed E-state index contributed by atoms with van der Waals surface area (Å²) < 4.78 is 5.83. The highest BCUT2D eigenvalue weighted by Gasteiger charge is 2.21. The van der Waals surface area contributed by atoms with E-state index in [4.69, 9.17) is 4.74 Å². The van der Waals surface area contributed by atoms with Crippen LogP contribution < -0.4 is 10.1 Å². The molecular formula is C17H25NO2. The van der Waals surface area contributed by atoms with Gasteiger partial charge in [0.15, 0.2) is 6.10 Å². The van der Waals surface area contributed by atoms with Gasteiger partial charge in [0, 0.05) is 6.04 Å². The molecule has 0 spiro atoms. The number of aryl methyl sites for hydroxylation is 1. The lowest BCUT2D eigenvalue weighted by molar-refractivity contribution is -0.128. The van der Waals surface area contributed by atoms with Gasteiger partial charge in [-0.15, -0.1) is 0 Å². The van der Waals surface area contributed by atoms with Crippen LogP contribution >= 0.6 is 0 Å². The Balaban J connectivity index is 1.89. The van der Waals surface area contributed by atoms with Crippen LogP contribution in [0.2, 0.25) is 0 Å². The summed E-state index contributed by atoms with van der Waals surface area (Å²) in [7, 11) is 0. The number of rotatable bonds is 5. The number of ether oxygens (including phenoxy) is 1. The second-order valence-corrected chi connectivity index (χ2v) is 5.56. The monoisotopic (exact) mass is 275 g/mol. The molecule has 1 aliphatic carbocycles. The van der Waals surface area contributed by atoms with E-state index in [0.29, 0.717) is 6.04 Å². The third kappa shape index (κ3) is 3.99. The first kappa shape index (κ1) is 14.9. The van der Waals surface area contributed by atoms with E-state index in [0.717, 1.165) is 30.6 Å². The van der Waals surface area contributed by atoms with Crippen LogP contribution in [0.15, 0.2) is 24.3 Å². The number of hydrogen-bond acceptors (Lipinski definition) is 2. The fourth-order valence-corrected chi connectivity index (χ4v) is 2.72. The predicted molar refractivity (Wildman–Crippen MR) is 80.9 cm³/mol. The predicted octanol–water partition coefficient (Wildman–Crippen LogP) is 3.47. The molecule has 1 fully saturated rings. The standard InChI is InChI=1S/C17H25NO2/c1-3-14-9-7-8-12-16(14)20-13(2)17(19)18-15-10-5-4-6-11-15/h7-9,12-13,15H,3-6,10-11H2,1-2H3,(H,18,19). The zero-order chi connectivity index (χ0) is 14.4. The maximum atomic E-state index is 12.2. The number of carbonyl (C=O) groups is 1. The van der Waals surface area contributed by atoms with Gasteiger partial charge < -0.3 is 10.1 Å². The molecule has 1 amide bonds. The highest BCUT2D eigenvalue weighted by molar-refractivity contribution is 5.81. The van der Waals surface area contributed by atoms with Crippen molar-refractivity contribution in [2.75, 3.05) is 0 Å². The molecule has 1 aliphatic rings. The summed E-state index contributed by atoms with van der Waals surface area (Å²) in [5.41, 5.74) is 1.14. The lowest BCUT2D eigenvalue weighted by atomic mass is 9.95. The van der Waals surface area contributed by atoms with Crippen molar-refractivity contribution in [3.63, 3.8) is 0 Å². The Kier molecular flexibility index (Phi) is 5.45. The molecular weight excluding hydrogens is 250 g/mol.